The lowest BCUT2D eigenvalue weighted by molar-refractivity contribution is -0.134. The van der Waals surface area contributed by atoms with Crippen LogP contribution in [0.5, 0.6) is 0 Å². The number of aromatic nitrogens is 1. The first-order valence-corrected chi connectivity index (χ1v) is 9.85. The number of hydrazine groups is 1. The Bertz CT molecular complexity index is 781. The second-order valence-corrected chi connectivity index (χ2v) is 7.22. The van der Waals surface area contributed by atoms with Crippen LogP contribution in [0.2, 0.25) is 0 Å². The quantitative estimate of drug-likeness (QED) is 0.664. The Labute approximate surface area is 155 Å². The van der Waals surface area contributed by atoms with Gasteiger partial charge in [0, 0.05) is 17.8 Å². The van der Waals surface area contributed by atoms with Crippen molar-refractivity contribution in [1.29, 1.82) is 0 Å². The molecule has 0 spiro atoms. The standard InChI is InChI=1S/C21H29N3O2/c1-3-4-5-6-7-8-9-14-18-20-19(21(26)23-24(18)15(2)25)16-12-10-11-13-17(16)22-20/h10-13,18,22H,3-9,14H2,1-2H3,(H,23,26). The Morgan fingerprint density at radius 1 is 1.08 bits per heavy atom. The summed E-state index contributed by atoms with van der Waals surface area (Å²) in [4.78, 5) is 28.1. The number of nitrogens with one attached hydrogen (secondary N) is 2. The lowest BCUT2D eigenvalue weighted by atomic mass is 9.97. The van der Waals surface area contributed by atoms with Gasteiger partial charge in [-0.3, -0.25) is 15.0 Å². The zero-order valence-electron chi connectivity index (χ0n) is 15.8. The topological polar surface area (TPSA) is 65.2 Å². The fraction of sp³-hybridized carbons (Fsp3) is 0.524. The van der Waals surface area contributed by atoms with E-state index in [0.29, 0.717) is 5.56 Å². The summed E-state index contributed by atoms with van der Waals surface area (Å²) < 4.78 is 0. The second kappa shape index (κ2) is 8.39. The smallest absolute Gasteiger partial charge is 0.272 e. The Balaban J connectivity index is 1.75. The van der Waals surface area contributed by atoms with Crippen molar-refractivity contribution in [2.24, 2.45) is 0 Å². The van der Waals surface area contributed by atoms with Gasteiger partial charge in [-0.1, -0.05) is 70.1 Å². The third-order valence-electron chi connectivity index (χ3n) is 5.25. The molecule has 1 unspecified atom stereocenters. The first-order valence-electron chi connectivity index (χ1n) is 9.85. The number of rotatable bonds is 8. The van der Waals surface area contributed by atoms with Crippen LogP contribution >= 0.6 is 0 Å². The maximum Gasteiger partial charge on any atom is 0.272 e. The minimum absolute atomic E-state index is 0.122. The Morgan fingerprint density at radius 3 is 2.50 bits per heavy atom. The molecule has 0 radical (unpaired) electrons. The van der Waals surface area contributed by atoms with E-state index in [1.54, 1.807) is 0 Å². The third kappa shape index (κ3) is 3.76. The highest BCUT2D eigenvalue weighted by Crippen LogP contribution is 2.35. The minimum Gasteiger partial charge on any atom is -0.356 e. The minimum atomic E-state index is -0.205. The van der Waals surface area contributed by atoms with Crippen LogP contribution in [0.25, 0.3) is 10.9 Å². The van der Waals surface area contributed by atoms with Gasteiger partial charge in [-0.2, -0.15) is 0 Å². The van der Waals surface area contributed by atoms with E-state index in [4.69, 9.17) is 0 Å². The van der Waals surface area contributed by atoms with Crippen molar-refractivity contribution in [3.05, 3.63) is 35.5 Å². The van der Waals surface area contributed by atoms with E-state index in [0.717, 1.165) is 35.9 Å². The van der Waals surface area contributed by atoms with Gasteiger partial charge in [0.05, 0.1) is 17.3 Å². The van der Waals surface area contributed by atoms with E-state index in [9.17, 15) is 9.59 Å². The number of aromatic amines is 1. The molecule has 2 amide bonds. The molecule has 26 heavy (non-hydrogen) atoms. The van der Waals surface area contributed by atoms with E-state index < -0.39 is 0 Å². The molecule has 2 heterocycles. The monoisotopic (exact) mass is 355 g/mol. The van der Waals surface area contributed by atoms with Gasteiger partial charge in [0.1, 0.15) is 0 Å². The molecule has 0 saturated carbocycles. The lowest BCUT2D eigenvalue weighted by Gasteiger charge is -2.35. The number of para-hydroxylation sites is 1. The van der Waals surface area contributed by atoms with Gasteiger partial charge >= 0.3 is 0 Å². The van der Waals surface area contributed by atoms with E-state index in [2.05, 4.69) is 17.3 Å². The molecular formula is C21H29N3O2. The maximum atomic E-state index is 12.6. The van der Waals surface area contributed by atoms with Crippen molar-refractivity contribution >= 4 is 22.7 Å². The van der Waals surface area contributed by atoms with E-state index in [-0.39, 0.29) is 17.9 Å². The maximum absolute atomic E-state index is 12.6. The molecule has 0 bridgehead atoms. The summed E-state index contributed by atoms with van der Waals surface area (Å²) in [5.41, 5.74) is 5.30. The summed E-state index contributed by atoms with van der Waals surface area (Å²) in [5.74, 6) is -0.334. The summed E-state index contributed by atoms with van der Waals surface area (Å²) in [5, 5.41) is 2.42. The van der Waals surface area contributed by atoms with Gasteiger partial charge in [0.2, 0.25) is 5.91 Å². The number of unbranched alkanes of at least 4 members (excludes halogenated alkanes) is 6. The van der Waals surface area contributed by atoms with Crippen LogP contribution < -0.4 is 5.43 Å². The predicted octanol–water partition coefficient (Wildman–Crippen LogP) is 4.86. The molecule has 2 aromatic rings. The zero-order chi connectivity index (χ0) is 18.5. The summed E-state index contributed by atoms with van der Waals surface area (Å²) in [7, 11) is 0. The third-order valence-corrected chi connectivity index (χ3v) is 5.25. The van der Waals surface area contributed by atoms with Crippen LogP contribution in [-0.4, -0.2) is 21.8 Å². The number of hydrogen-bond acceptors (Lipinski definition) is 2. The molecule has 2 N–H and O–H groups in total. The normalized spacial score (nSPS) is 16.6. The Kier molecular flexibility index (Phi) is 5.96. The number of nitrogens with zero attached hydrogens (tertiary/aromatic N) is 1. The molecule has 3 rings (SSSR count). The SMILES string of the molecule is CCCCCCCCCC1c2[nH]c3ccccc3c2C(=O)NN1C(C)=O. The fourth-order valence-electron chi connectivity index (χ4n) is 3.90. The van der Waals surface area contributed by atoms with Crippen LogP contribution in [0.15, 0.2) is 24.3 Å². The molecule has 1 aliphatic heterocycles. The highest BCUT2D eigenvalue weighted by molar-refractivity contribution is 6.09. The molecule has 140 valence electrons. The van der Waals surface area contributed by atoms with E-state index >= 15 is 0 Å². The predicted molar refractivity (Wildman–Crippen MR) is 104 cm³/mol. The van der Waals surface area contributed by atoms with E-state index in [1.807, 2.05) is 24.3 Å². The average Bonchev–Trinajstić information content (AvgIpc) is 3.02. The number of amides is 2. The molecule has 5 nitrogen and oxygen atoms in total. The number of H-pyrrole nitrogens is 1. The van der Waals surface area contributed by atoms with E-state index in [1.165, 1.54) is 44.0 Å². The molecule has 1 atom stereocenters. The van der Waals surface area contributed by atoms with Crippen LogP contribution in [0.3, 0.4) is 0 Å². The highest BCUT2D eigenvalue weighted by atomic mass is 16.2. The van der Waals surface area contributed by atoms with Gasteiger partial charge in [0.15, 0.2) is 0 Å². The summed E-state index contributed by atoms with van der Waals surface area (Å²) in [6, 6.07) is 7.70. The van der Waals surface area contributed by atoms with Crippen molar-refractivity contribution in [3.8, 4) is 0 Å². The van der Waals surface area contributed by atoms with Crippen molar-refractivity contribution in [1.82, 2.24) is 15.4 Å². The largest absolute Gasteiger partial charge is 0.356 e. The zero-order valence-corrected chi connectivity index (χ0v) is 15.8. The number of carbonyl (C=O) groups excluding carboxylic acids is 2. The van der Waals surface area contributed by atoms with Crippen LogP contribution in [-0.2, 0) is 4.79 Å². The molecule has 5 heteroatoms. The van der Waals surface area contributed by atoms with Crippen LogP contribution in [0.4, 0.5) is 0 Å². The van der Waals surface area contributed by atoms with Gasteiger partial charge in [-0.05, 0) is 12.5 Å². The van der Waals surface area contributed by atoms with Crippen LogP contribution in [0.1, 0.15) is 87.3 Å². The number of benzene rings is 1. The second-order valence-electron chi connectivity index (χ2n) is 7.22. The molecular weight excluding hydrogens is 326 g/mol. The van der Waals surface area contributed by atoms with Gasteiger partial charge < -0.3 is 4.98 Å². The van der Waals surface area contributed by atoms with Gasteiger partial charge in [0.25, 0.3) is 5.91 Å². The summed E-state index contributed by atoms with van der Waals surface area (Å²) >= 11 is 0. The van der Waals surface area contributed by atoms with Crippen molar-refractivity contribution in [2.75, 3.05) is 0 Å². The Morgan fingerprint density at radius 2 is 1.77 bits per heavy atom. The number of fused-ring (bicyclic) bond motifs is 3. The fourth-order valence-corrected chi connectivity index (χ4v) is 3.90. The average molecular weight is 355 g/mol. The van der Waals surface area contributed by atoms with Gasteiger partial charge in [-0.15, -0.1) is 0 Å². The molecule has 0 saturated heterocycles. The first kappa shape index (κ1) is 18.5. The summed E-state index contributed by atoms with van der Waals surface area (Å²) in [6.45, 7) is 3.73. The lowest BCUT2D eigenvalue weighted by Crippen LogP contribution is -2.51. The van der Waals surface area contributed by atoms with Gasteiger partial charge in [-0.25, -0.2) is 5.01 Å². The van der Waals surface area contributed by atoms with Crippen molar-refractivity contribution < 1.29 is 9.59 Å². The molecule has 1 aliphatic rings. The summed E-state index contributed by atoms with van der Waals surface area (Å²) in [6.07, 6.45) is 9.46. The Hall–Kier alpha value is -2.30. The van der Waals surface area contributed by atoms with Crippen molar-refractivity contribution in [2.45, 2.75) is 71.3 Å². The molecule has 0 aliphatic carbocycles. The van der Waals surface area contributed by atoms with Crippen molar-refractivity contribution in [3.63, 3.8) is 0 Å². The number of hydrogen-bond donors (Lipinski definition) is 2. The molecule has 0 fully saturated rings. The molecule has 1 aromatic carbocycles. The number of carbonyl (C=O) groups is 2. The van der Waals surface area contributed by atoms with Crippen LogP contribution in [0, 0.1) is 0 Å². The first-order chi connectivity index (χ1) is 12.6. The molecule has 1 aromatic heterocycles. The highest BCUT2D eigenvalue weighted by Gasteiger charge is 2.35.